The van der Waals surface area contributed by atoms with Gasteiger partial charge >= 0.3 is 0 Å². The predicted octanol–water partition coefficient (Wildman–Crippen LogP) is 7.42. The molecule has 1 N–H and O–H groups in total. The van der Waals surface area contributed by atoms with Crippen LogP contribution in [0.15, 0.2) is 11.6 Å². The van der Waals surface area contributed by atoms with Gasteiger partial charge in [-0.15, -0.1) is 0 Å². The van der Waals surface area contributed by atoms with Crippen LogP contribution in [0.1, 0.15) is 108 Å². The van der Waals surface area contributed by atoms with E-state index in [1.54, 1.807) is 5.57 Å². The highest BCUT2D eigenvalue weighted by atomic mass is 16.5. The van der Waals surface area contributed by atoms with Crippen molar-refractivity contribution < 1.29 is 17.3 Å². The minimum atomic E-state index is -2.27. The Morgan fingerprint density at radius 3 is 2.62 bits per heavy atom. The normalized spacial score (nSPS) is 41.7. The molecular weight excluding hydrogens is 420 g/mol. The Bertz CT molecular complexity index is 761. The fourth-order valence-corrected chi connectivity index (χ4v) is 9.19. The fourth-order valence-electron chi connectivity index (χ4n) is 9.19. The maximum Gasteiger partial charge on any atom is 0.0704 e. The number of allylic oxidation sites excluding steroid dienone is 1. The van der Waals surface area contributed by atoms with Crippen LogP contribution in [0.4, 0.5) is 0 Å². The molecule has 34 heavy (non-hydrogen) atoms. The third-order valence-corrected chi connectivity index (χ3v) is 11.0. The molecule has 0 unspecified atom stereocenters. The van der Waals surface area contributed by atoms with Crippen LogP contribution >= 0.6 is 0 Å². The summed E-state index contributed by atoms with van der Waals surface area (Å²) >= 11 is 0. The van der Waals surface area contributed by atoms with Crippen LogP contribution in [0.3, 0.4) is 0 Å². The summed E-state index contributed by atoms with van der Waals surface area (Å²) in [5.41, 5.74) is 2.53. The molecular formula is C31H54O3. The van der Waals surface area contributed by atoms with E-state index in [9.17, 15) is 0 Å². The van der Waals surface area contributed by atoms with Gasteiger partial charge in [0.25, 0.3) is 0 Å². The molecule has 4 rings (SSSR count). The van der Waals surface area contributed by atoms with Crippen LogP contribution in [-0.4, -0.2) is 37.6 Å². The van der Waals surface area contributed by atoms with Crippen molar-refractivity contribution >= 4 is 0 Å². The van der Waals surface area contributed by atoms with Crippen LogP contribution in [0.2, 0.25) is 0 Å². The van der Waals surface area contributed by atoms with Gasteiger partial charge in [0.05, 0.1) is 35.2 Å². The summed E-state index contributed by atoms with van der Waals surface area (Å²) in [5, 5.41) is 9.14. The smallest absolute Gasteiger partial charge is 0.0704 e. The van der Waals surface area contributed by atoms with Gasteiger partial charge in [-0.2, -0.15) is 0 Å². The van der Waals surface area contributed by atoms with Gasteiger partial charge in [0.15, 0.2) is 0 Å². The minimum absolute atomic E-state index is 0.242. The number of hydrogen-bond acceptors (Lipinski definition) is 3. The second kappa shape index (κ2) is 11.3. The van der Waals surface area contributed by atoms with Gasteiger partial charge in [-0.3, -0.25) is 0 Å². The summed E-state index contributed by atoms with van der Waals surface area (Å²) < 4.78 is 25.6. The first-order chi connectivity index (χ1) is 16.9. The molecule has 3 nitrogen and oxygen atoms in total. The first kappa shape index (κ1) is 24.0. The zero-order chi connectivity index (χ0) is 26.1. The third-order valence-electron chi connectivity index (χ3n) is 11.0. The number of rotatable bonds is 11. The summed E-state index contributed by atoms with van der Waals surface area (Å²) in [5.74, 6) is 5.22. The van der Waals surface area contributed by atoms with E-state index in [-0.39, 0.29) is 12.7 Å². The lowest BCUT2D eigenvalue weighted by atomic mass is 9.47. The minimum Gasteiger partial charge on any atom is -0.394 e. The van der Waals surface area contributed by atoms with Gasteiger partial charge in [0, 0.05) is 0 Å². The van der Waals surface area contributed by atoms with E-state index >= 15 is 0 Å². The van der Waals surface area contributed by atoms with Crippen LogP contribution in [-0.2, 0) is 9.47 Å². The summed E-state index contributed by atoms with van der Waals surface area (Å²) in [7, 11) is 0. The van der Waals surface area contributed by atoms with E-state index in [1.165, 1.54) is 57.8 Å². The largest absolute Gasteiger partial charge is 0.394 e. The van der Waals surface area contributed by atoms with Gasteiger partial charge < -0.3 is 14.6 Å². The van der Waals surface area contributed by atoms with Crippen LogP contribution in [0.25, 0.3) is 0 Å². The van der Waals surface area contributed by atoms with Crippen molar-refractivity contribution in [3.63, 3.8) is 0 Å². The lowest BCUT2D eigenvalue weighted by molar-refractivity contribution is -0.0683. The van der Waals surface area contributed by atoms with Crippen LogP contribution in [0.5, 0.6) is 0 Å². The fraction of sp³-hybridized carbons (Fsp3) is 0.935. The standard InChI is InChI=1S/C31H54O3/c1-22(2)7-6-8-23(3)27-11-12-28-26-10-9-24-21-25(34-20-19-33-18-17-32)13-15-30(24,4)29(26)14-16-31(27,28)5/h9,22-23,25-29,32H,6-8,10-21H2,1-5H3/t23-,25+,26+,27-,28+,29+,30+,31-/m1/s1/i17D2. The number of aliphatic hydroxyl groups is 1. The summed E-state index contributed by atoms with van der Waals surface area (Å²) in [6.07, 6.45) is 17.4. The highest BCUT2D eigenvalue weighted by molar-refractivity contribution is 5.25. The molecule has 0 heterocycles. The number of ether oxygens (including phenoxy) is 2. The second-order valence-corrected chi connectivity index (χ2v) is 13.2. The molecule has 0 aromatic rings. The van der Waals surface area contributed by atoms with Gasteiger partial charge in [-0.1, -0.05) is 65.5 Å². The Hall–Kier alpha value is -0.380. The quantitative estimate of drug-likeness (QED) is 0.249. The second-order valence-electron chi connectivity index (χ2n) is 13.2. The molecule has 4 aliphatic rings. The first-order valence-corrected chi connectivity index (χ1v) is 14.6. The van der Waals surface area contributed by atoms with Crippen molar-refractivity contribution in [2.24, 2.45) is 46.3 Å². The molecule has 3 fully saturated rings. The Morgan fingerprint density at radius 1 is 1.03 bits per heavy atom. The van der Waals surface area contributed by atoms with Crippen LogP contribution < -0.4 is 0 Å². The highest BCUT2D eigenvalue weighted by Crippen LogP contribution is 2.67. The Labute approximate surface area is 213 Å². The lowest BCUT2D eigenvalue weighted by Crippen LogP contribution is -2.51. The molecule has 3 heteroatoms. The van der Waals surface area contributed by atoms with E-state index in [4.69, 9.17) is 17.3 Å². The molecule has 0 radical (unpaired) electrons. The molecule has 4 aliphatic carbocycles. The molecule has 0 saturated heterocycles. The van der Waals surface area contributed by atoms with E-state index < -0.39 is 6.56 Å². The molecule has 8 atom stereocenters. The maximum absolute atomic E-state index is 9.14. The SMILES string of the molecule is [2H]C([2H])(O)COCCO[C@H]1CC[C@@]2(C)C(=CC[C@H]3[C@@H]4CC[C@H]([C@H](C)CCCC(C)C)[C@@]4(C)CC[C@@H]32)C1. The monoisotopic (exact) mass is 476 g/mol. The molecule has 0 spiro atoms. The molecule has 0 aromatic heterocycles. The number of fused-ring (bicyclic) bond motifs is 5. The van der Waals surface area contributed by atoms with Crippen molar-refractivity contribution in [1.82, 2.24) is 0 Å². The van der Waals surface area contributed by atoms with Crippen molar-refractivity contribution in [1.29, 1.82) is 0 Å². The summed E-state index contributed by atoms with van der Waals surface area (Å²) in [6.45, 7) is 10.8. The van der Waals surface area contributed by atoms with Crippen molar-refractivity contribution in [2.45, 2.75) is 111 Å². The summed E-state index contributed by atoms with van der Waals surface area (Å²) in [6, 6.07) is 0. The van der Waals surface area contributed by atoms with E-state index in [0.29, 0.717) is 24.0 Å². The third kappa shape index (κ3) is 5.32. The lowest BCUT2D eigenvalue weighted by Gasteiger charge is -2.58. The first-order valence-electron chi connectivity index (χ1n) is 15.6. The Kier molecular flexibility index (Phi) is 8.00. The van der Waals surface area contributed by atoms with Gasteiger partial charge in [0.1, 0.15) is 0 Å². The molecule has 0 amide bonds. The highest BCUT2D eigenvalue weighted by Gasteiger charge is 2.59. The molecule has 0 aliphatic heterocycles. The van der Waals surface area contributed by atoms with Crippen LogP contribution in [0, 0.1) is 46.3 Å². The molecule has 196 valence electrons. The average Bonchev–Trinajstić information content (AvgIpc) is 3.15. The van der Waals surface area contributed by atoms with Crippen molar-refractivity contribution in [3.05, 3.63) is 11.6 Å². The predicted molar refractivity (Wildman–Crippen MR) is 141 cm³/mol. The number of hydrogen-bond donors (Lipinski definition) is 1. The average molecular weight is 477 g/mol. The molecule has 3 saturated carbocycles. The molecule has 0 aromatic carbocycles. The van der Waals surface area contributed by atoms with E-state index in [0.717, 1.165) is 48.3 Å². The maximum atomic E-state index is 9.14. The van der Waals surface area contributed by atoms with Crippen molar-refractivity contribution in [2.75, 3.05) is 26.4 Å². The summed E-state index contributed by atoms with van der Waals surface area (Å²) in [4.78, 5) is 0. The van der Waals surface area contributed by atoms with E-state index in [1.807, 2.05) is 0 Å². The molecule has 0 bridgehead atoms. The Balaban J connectivity index is 1.34. The zero-order valence-electron chi connectivity index (χ0n) is 24.8. The topological polar surface area (TPSA) is 38.7 Å². The Morgan fingerprint density at radius 2 is 1.85 bits per heavy atom. The van der Waals surface area contributed by atoms with Crippen molar-refractivity contribution in [3.8, 4) is 0 Å². The van der Waals surface area contributed by atoms with Gasteiger partial charge in [-0.05, 0) is 97.7 Å². The van der Waals surface area contributed by atoms with Gasteiger partial charge in [-0.25, -0.2) is 0 Å². The van der Waals surface area contributed by atoms with E-state index in [2.05, 4.69) is 40.7 Å². The zero-order valence-corrected chi connectivity index (χ0v) is 22.8. The van der Waals surface area contributed by atoms with Gasteiger partial charge in [0.2, 0.25) is 0 Å².